The van der Waals surface area contributed by atoms with Gasteiger partial charge in [0.2, 0.25) is 0 Å². The van der Waals surface area contributed by atoms with Crippen molar-refractivity contribution in [1.29, 1.82) is 0 Å². The Morgan fingerprint density at radius 3 is 2.46 bits per heavy atom. The standard InChI is InChI=1S/C11H20O2/c1-7(2)9-5-4-8(3)6-10(9)11(12)13/h7-10H,4-6H2,1-3H3,(H,12,13)/t8-,9?,10?/m1/s1. The summed E-state index contributed by atoms with van der Waals surface area (Å²) in [6, 6.07) is 0. The van der Waals surface area contributed by atoms with Crippen molar-refractivity contribution in [1.82, 2.24) is 0 Å². The highest BCUT2D eigenvalue weighted by Crippen LogP contribution is 2.37. The van der Waals surface area contributed by atoms with E-state index >= 15 is 0 Å². The van der Waals surface area contributed by atoms with Crippen LogP contribution in [0.1, 0.15) is 40.0 Å². The minimum Gasteiger partial charge on any atom is -0.481 e. The lowest BCUT2D eigenvalue weighted by Gasteiger charge is -2.34. The molecule has 0 aromatic carbocycles. The van der Waals surface area contributed by atoms with Gasteiger partial charge in [0, 0.05) is 0 Å². The molecule has 1 aliphatic rings. The quantitative estimate of drug-likeness (QED) is 0.716. The van der Waals surface area contributed by atoms with Crippen LogP contribution in [0.15, 0.2) is 0 Å². The van der Waals surface area contributed by atoms with E-state index in [2.05, 4.69) is 20.8 Å². The summed E-state index contributed by atoms with van der Waals surface area (Å²) in [4.78, 5) is 11.0. The molecule has 0 aromatic heterocycles. The molecule has 0 aromatic rings. The Kier molecular flexibility index (Phi) is 3.34. The van der Waals surface area contributed by atoms with Crippen molar-refractivity contribution in [2.24, 2.45) is 23.7 Å². The molecule has 0 amide bonds. The van der Waals surface area contributed by atoms with Crippen molar-refractivity contribution >= 4 is 5.97 Å². The van der Waals surface area contributed by atoms with Crippen molar-refractivity contribution in [2.45, 2.75) is 40.0 Å². The van der Waals surface area contributed by atoms with Crippen molar-refractivity contribution in [3.05, 3.63) is 0 Å². The molecule has 0 heterocycles. The van der Waals surface area contributed by atoms with E-state index in [4.69, 9.17) is 5.11 Å². The van der Waals surface area contributed by atoms with Crippen LogP contribution in [0.3, 0.4) is 0 Å². The van der Waals surface area contributed by atoms with Crippen LogP contribution in [-0.4, -0.2) is 11.1 Å². The first kappa shape index (κ1) is 10.6. The smallest absolute Gasteiger partial charge is 0.306 e. The van der Waals surface area contributed by atoms with Gasteiger partial charge in [0.25, 0.3) is 0 Å². The van der Waals surface area contributed by atoms with Crippen LogP contribution in [-0.2, 0) is 4.79 Å². The third-order valence-electron chi connectivity index (χ3n) is 3.34. The average Bonchev–Trinajstić information content (AvgIpc) is 2.03. The molecule has 0 radical (unpaired) electrons. The molecule has 1 aliphatic carbocycles. The van der Waals surface area contributed by atoms with Crippen LogP contribution in [0.5, 0.6) is 0 Å². The highest BCUT2D eigenvalue weighted by atomic mass is 16.4. The van der Waals surface area contributed by atoms with Gasteiger partial charge < -0.3 is 5.11 Å². The maximum Gasteiger partial charge on any atom is 0.306 e. The molecule has 0 saturated heterocycles. The number of carbonyl (C=O) groups is 1. The fourth-order valence-electron chi connectivity index (χ4n) is 2.49. The number of carboxylic acid groups (broad SMARTS) is 1. The third kappa shape index (κ3) is 2.45. The molecule has 76 valence electrons. The zero-order chi connectivity index (χ0) is 10.0. The molecule has 0 bridgehead atoms. The van der Waals surface area contributed by atoms with Crippen molar-refractivity contribution in [3.8, 4) is 0 Å². The fourth-order valence-corrected chi connectivity index (χ4v) is 2.49. The second-order valence-electron chi connectivity index (χ2n) is 4.77. The van der Waals surface area contributed by atoms with Gasteiger partial charge >= 0.3 is 5.97 Å². The van der Waals surface area contributed by atoms with E-state index in [-0.39, 0.29) is 5.92 Å². The Morgan fingerprint density at radius 2 is 2.00 bits per heavy atom. The van der Waals surface area contributed by atoms with E-state index in [1.165, 1.54) is 6.42 Å². The Bertz CT molecular complexity index is 187. The number of carboxylic acids is 1. The first-order valence-electron chi connectivity index (χ1n) is 5.25. The van der Waals surface area contributed by atoms with Crippen LogP contribution in [0.2, 0.25) is 0 Å². The van der Waals surface area contributed by atoms with Gasteiger partial charge in [0.15, 0.2) is 0 Å². The first-order chi connectivity index (χ1) is 6.02. The molecule has 3 atom stereocenters. The van der Waals surface area contributed by atoms with Gasteiger partial charge in [0.05, 0.1) is 5.92 Å². The molecule has 1 fully saturated rings. The Hall–Kier alpha value is -0.530. The van der Waals surface area contributed by atoms with E-state index < -0.39 is 5.97 Å². The predicted octanol–water partition coefficient (Wildman–Crippen LogP) is 2.78. The SMILES string of the molecule is CC(C)C1CC[C@@H](C)CC1C(=O)O. The second-order valence-corrected chi connectivity index (χ2v) is 4.77. The van der Waals surface area contributed by atoms with E-state index in [9.17, 15) is 4.79 Å². The summed E-state index contributed by atoms with van der Waals surface area (Å²) in [5, 5.41) is 9.08. The summed E-state index contributed by atoms with van der Waals surface area (Å²) in [6.07, 6.45) is 3.17. The largest absolute Gasteiger partial charge is 0.481 e. The molecule has 0 spiro atoms. The second kappa shape index (κ2) is 4.12. The molecular weight excluding hydrogens is 164 g/mol. The predicted molar refractivity (Wildman–Crippen MR) is 52.5 cm³/mol. The number of aliphatic carboxylic acids is 1. The molecular formula is C11H20O2. The lowest BCUT2D eigenvalue weighted by Crippen LogP contribution is -2.33. The fraction of sp³-hybridized carbons (Fsp3) is 0.909. The van der Waals surface area contributed by atoms with Crippen LogP contribution in [0.25, 0.3) is 0 Å². The summed E-state index contributed by atoms with van der Waals surface area (Å²) in [6.45, 7) is 6.43. The normalized spacial score (nSPS) is 34.9. The van der Waals surface area contributed by atoms with E-state index in [0.717, 1.165) is 12.8 Å². The molecule has 1 N–H and O–H groups in total. The van der Waals surface area contributed by atoms with E-state index in [1.807, 2.05) is 0 Å². The van der Waals surface area contributed by atoms with Crippen LogP contribution in [0, 0.1) is 23.7 Å². The molecule has 2 unspecified atom stereocenters. The Morgan fingerprint density at radius 1 is 1.38 bits per heavy atom. The lowest BCUT2D eigenvalue weighted by atomic mass is 9.70. The number of hydrogen-bond acceptors (Lipinski definition) is 1. The molecule has 0 aliphatic heterocycles. The third-order valence-corrected chi connectivity index (χ3v) is 3.34. The highest BCUT2D eigenvalue weighted by Gasteiger charge is 2.35. The monoisotopic (exact) mass is 184 g/mol. The van der Waals surface area contributed by atoms with Crippen LogP contribution >= 0.6 is 0 Å². The summed E-state index contributed by atoms with van der Waals surface area (Å²) >= 11 is 0. The maximum atomic E-state index is 11.0. The van der Waals surface area contributed by atoms with Crippen LogP contribution in [0.4, 0.5) is 0 Å². The van der Waals surface area contributed by atoms with Gasteiger partial charge in [-0.1, -0.05) is 27.2 Å². The Balaban J connectivity index is 2.66. The zero-order valence-electron chi connectivity index (χ0n) is 8.79. The summed E-state index contributed by atoms with van der Waals surface area (Å²) in [7, 11) is 0. The molecule has 2 heteroatoms. The zero-order valence-corrected chi connectivity index (χ0v) is 8.79. The van der Waals surface area contributed by atoms with Crippen molar-refractivity contribution in [3.63, 3.8) is 0 Å². The van der Waals surface area contributed by atoms with Crippen molar-refractivity contribution < 1.29 is 9.90 Å². The molecule has 1 rings (SSSR count). The van der Waals surface area contributed by atoms with Gasteiger partial charge in [0.1, 0.15) is 0 Å². The Labute approximate surface area is 80.3 Å². The maximum absolute atomic E-state index is 11.0. The average molecular weight is 184 g/mol. The lowest BCUT2D eigenvalue weighted by molar-refractivity contribution is -0.146. The van der Waals surface area contributed by atoms with Gasteiger partial charge in [-0.3, -0.25) is 4.79 Å². The number of rotatable bonds is 2. The molecule has 2 nitrogen and oxygen atoms in total. The van der Waals surface area contributed by atoms with E-state index in [1.54, 1.807) is 0 Å². The van der Waals surface area contributed by atoms with Gasteiger partial charge in [-0.05, 0) is 30.6 Å². The van der Waals surface area contributed by atoms with E-state index in [0.29, 0.717) is 17.8 Å². The summed E-state index contributed by atoms with van der Waals surface area (Å²) < 4.78 is 0. The highest BCUT2D eigenvalue weighted by molar-refractivity contribution is 5.70. The topological polar surface area (TPSA) is 37.3 Å². The van der Waals surface area contributed by atoms with Gasteiger partial charge in [-0.25, -0.2) is 0 Å². The van der Waals surface area contributed by atoms with Gasteiger partial charge in [-0.2, -0.15) is 0 Å². The minimum absolute atomic E-state index is 0.0938. The minimum atomic E-state index is -0.592. The van der Waals surface area contributed by atoms with Crippen LogP contribution < -0.4 is 0 Å². The number of hydrogen-bond donors (Lipinski definition) is 1. The summed E-state index contributed by atoms with van der Waals surface area (Å²) in [5.41, 5.74) is 0. The van der Waals surface area contributed by atoms with Gasteiger partial charge in [-0.15, -0.1) is 0 Å². The first-order valence-corrected chi connectivity index (χ1v) is 5.25. The summed E-state index contributed by atoms with van der Waals surface area (Å²) in [5.74, 6) is 0.812. The molecule has 13 heavy (non-hydrogen) atoms. The molecule has 1 saturated carbocycles. The van der Waals surface area contributed by atoms with Crippen molar-refractivity contribution in [2.75, 3.05) is 0 Å².